The molecule has 4 aromatic rings. The smallest absolute Gasteiger partial charge is 0.232 e. The van der Waals surface area contributed by atoms with Crippen LogP contribution in [0.4, 0.5) is 23.3 Å². The Labute approximate surface area is 191 Å². The van der Waals surface area contributed by atoms with E-state index in [-0.39, 0.29) is 0 Å². The van der Waals surface area contributed by atoms with Gasteiger partial charge in [0, 0.05) is 23.5 Å². The summed E-state index contributed by atoms with van der Waals surface area (Å²) in [6.07, 6.45) is 1.42. The maximum Gasteiger partial charge on any atom is 0.232 e. The SMILES string of the molecule is COc1cc(Nc2ncnc(Nc3ccc(Oc4ccccc4)cc3)n2)cc(OC)c1OC. The lowest BCUT2D eigenvalue weighted by Crippen LogP contribution is -2.03. The fourth-order valence-corrected chi connectivity index (χ4v) is 3.06. The third-order valence-electron chi connectivity index (χ3n) is 4.58. The zero-order valence-corrected chi connectivity index (χ0v) is 18.4. The van der Waals surface area contributed by atoms with Crippen molar-refractivity contribution < 1.29 is 18.9 Å². The van der Waals surface area contributed by atoms with Crippen molar-refractivity contribution in [2.45, 2.75) is 0 Å². The van der Waals surface area contributed by atoms with Crippen molar-refractivity contribution in [3.63, 3.8) is 0 Å². The van der Waals surface area contributed by atoms with Crippen LogP contribution >= 0.6 is 0 Å². The van der Waals surface area contributed by atoms with Crippen LogP contribution in [0.1, 0.15) is 0 Å². The van der Waals surface area contributed by atoms with E-state index in [1.807, 2.05) is 54.6 Å². The third-order valence-corrected chi connectivity index (χ3v) is 4.58. The summed E-state index contributed by atoms with van der Waals surface area (Å²) in [4.78, 5) is 12.8. The standard InChI is InChI=1S/C24H23N5O4/c1-30-20-13-17(14-21(31-2)22(20)32-3)28-24-26-15-25-23(29-24)27-16-9-11-19(12-10-16)33-18-7-5-4-6-8-18/h4-15H,1-3H3,(H2,25,26,27,28,29). The van der Waals surface area contributed by atoms with Gasteiger partial charge in [-0.2, -0.15) is 4.98 Å². The molecule has 3 aromatic carbocycles. The summed E-state index contributed by atoms with van der Waals surface area (Å²) in [6, 6.07) is 20.6. The Morgan fingerprint density at radius 1 is 0.636 bits per heavy atom. The normalized spacial score (nSPS) is 10.3. The molecule has 0 bridgehead atoms. The highest BCUT2D eigenvalue weighted by Gasteiger charge is 2.14. The number of nitrogens with zero attached hydrogens (tertiary/aromatic N) is 3. The van der Waals surface area contributed by atoms with E-state index in [0.29, 0.717) is 34.8 Å². The lowest BCUT2D eigenvalue weighted by atomic mass is 10.2. The summed E-state index contributed by atoms with van der Waals surface area (Å²) < 4.78 is 21.9. The van der Waals surface area contributed by atoms with Crippen molar-refractivity contribution in [2.24, 2.45) is 0 Å². The van der Waals surface area contributed by atoms with E-state index in [1.165, 1.54) is 6.33 Å². The number of hydrogen-bond donors (Lipinski definition) is 2. The lowest BCUT2D eigenvalue weighted by molar-refractivity contribution is 0.324. The van der Waals surface area contributed by atoms with E-state index in [4.69, 9.17) is 18.9 Å². The number of anilines is 4. The van der Waals surface area contributed by atoms with E-state index in [0.717, 1.165) is 17.2 Å². The summed E-state index contributed by atoms with van der Waals surface area (Å²) in [7, 11) is 4.67. The summed E-state index contributed by atoms with van der Waals surface area (Å²) in [5, 5.41) is 6.29. The highest BCUT2D eigenvalue weighted by molar-refractivity contribution is 5.66. The maximum absolute atomic E-state index is 5.81. The van der Waals surface area contributed by atoms with Crippen LogP contribution in [0.5, 0.6) is 28.7 Å². The molecule has 0 aliphatic rings. The summed E-state index contributed by atoms with van der Waals surface area (Å²) in [5.41, 5.74) is 1.48. The molecule has 0 atom stereocenters. The number of methoxy groups -OCH3 is 3. The Hall–Kier alpha value is -4.53. The van der Waals surface area contributed by atoms with Crippen molar-refractivity contribution in [3.05, 3.63) is 73.1 Å². The van der Waals surface area contributed by atoms with Gasteiger partial charge in [0.15, 0.2) is 11.5 Å². The molecule has 0 saturated heterocycles. The van der Waals surface area contributed by atoms with Crippen molar-refractivity contribution in [1.29, 1.82) is 0 Å². The molecule has 9 heteroatoms. The van der Waals surface area contributed by atoms with Crippen molar-refractivity contribution >= 4 is 23.3 Å². The van der Waals surface area contributed by atoms with E-state index in [2.05, 4.69) is 25.6 Å². The van der Waals surface area contributed by atoms with Crippen molar-refractivity contribution in [3.8, 4) is 28.7 Å². The van der Waals surface area contributed by atoms with Gasteiger partial charge in [0.2, 0.25) is 17.6 Å². The molecule has 1 aromatic heterocycles. The molecule has 1 heterocycles. The molecule has 0 radical (unpaired) electrons. The number of para-hydroxylation sites is 1. The molecular weight excluding hydrogens is 422 g/mol. The van der Waals surface area contributed by atoms with Gasteiger partial charge in [-0.3, -0.25) is 0 Å². The molecule has 0 aliphatic carbocycles. The number of nitrogens with one attached hydrogen (secondary N) is 2. The summed E-state index contributed by atoms with van der Waals surface area (Å²) in [6.45, 7) is 0. The molecule has 4 rings (SSSR count). The number of hydrogen-bond acceptors (Lipinski definition) is 9. The Bertz CT molecular complexity index is 1180. The average Bonchev–Trinajstić information content (AvgIpc) is 2.85. The van der Waals surface area contributed by atoms with Crippen LogP contribution in [-0.2, 0) is 0 Å². The molecule has 0 aliphatic heterocycles. The van der Waals surface area contributed by atoms with Crippen LogP contribution in [0, 0.1) is 0 Å². The van der Waals surface area contributed by atoms with E-state index >= 15 is 0 Å². The molecule has 0 amide bonds. The topological polar surface area (TPSA) is 99.7 Å². The van der Waals surface area contributed by atoms with Gasteiger partial charge in [-0.1, -0.05) is 18.2 Å². The Morgan fingerprint density at radius 2 is 1.21 bits per heavy atom. The Morgan fingerprint density at radius 3 is 1.79 bits per heavy atom. The first-order valence-corrected chi connectivity index (χ1v) is 10.0. The zero-order chi connectivity index (χ0) is 23.0. The Kier molecular flexibility index (Phi) is 6.70. The first kappa shape index (κ1) is 21.7. The molecule has 2 N–H and O–H groups in total. The van der Waals surface area contributed by atoms with E-state index in [9.17, 15) is 0 Å². The van der Waals surface area contributed by atoms with Gasteiger partial charge in [-0.15, -0.1) is 0 Å². The van der Waals surface area contributed by atoms with Crippen LogP contribution in [0.2, 0.25) is 0 Å². The fraction of sp³-hybridized carbons (Fsp3) is 0.125. The zero-order valence-electron chi connectivity index (χ0n) is 18.4. The second kappa shape index (κ2) is 10.2. The highest BCUT2D eigenvalue weighted by atomic mass is 16.5. The molecule has 0 spiro atoms. The van der Waals surface area contributed by atoms with Crippen LogP contribution in [0.15, 0.2) is 73.1 Å². The monoisotopic (exact) mass is 445 g/mol. The minimum Gasteiger partial charge on any atom is -0.493 e. The molecule has 0 unspecified atom stereocenters. The van der Waals surface area contributed by atoms with Crippen LogP contribution < -0.4 is 29.6 Å². The highest BCUT2D eigenvalue weighted by Crippen LogP contribution is 2.40. The van der Waals surface area contributed by atoms with Crippen molar-refractivity contribution in [2.75, 3.05) is 32.0 Å². The molecule has 9 nitrogen and oxygen atoms in total. The average molecular weight is 445 g/mol. The summed E-state index contributed by atoms with van der Waals surface area (Å²) >= 11 is 0. The Balaban J connectivity index is 1.46. The van der Waals surface area contributed by atoms with Gasteiger partial charge < -0.3 is 29.6 Å². The quantitative estimate of drug-likeness (QED) is 0.361. The third kappa shape index (κ3) is 5.40. The van der Waals surface area contributed by atoms with Crippen LogP contribution in [0.25, 0.3) is 0 Å². The number of aromatic nitrogens is 3. The van der Waals surface area contributed by atoms with Gasteiger partial charge in [-0.25, -0.2) is 9.97 Å². The molecule has 33 heavy (non-hydrogen) atoms. The lowest BCUT2D eigenvalue weighted by Gasteiger charge is -2.14. The van der Waals surface area contributed by atoms with Crippen LogP contribution in [0.3, 0.4) is 0 Å². The second-order valence-electron chi connectivity index (χ2n) is 6.74. The predicted octanol–water partition coefficient (Wildman–Crippen LogP) is 5.18. The minimum atomic E-state index is 0.353. The van der Waals surface area contributed by atoms with E-state index < -0.39 is 0 Å². The first-order chi connectivity index (χ1) is 16.2. The van der Waals surface area contributed by atoms with Gasteiger partial charge in [0.1, 0.15) is 17.8 Å². The second-order valence-corrected chi connectivity index (χ2v) is 6.74. The van der Waals surface area contributed by atoms with Gasteiger partial charge in [0.05, 0.1) is 21.3 Å². The summed E-state index contributed by atoms with van der Waals surface area (Å²) in [5.74, 6) is 3.78. The van der Waals surface area contributed by atoms with Gasteiger partial charge in [0.25, 0.3) is 0 Å². The molecular formula is C24H23N5O4. The molecule has 0 saturated carbocycles. The fourth-order valence-electron chi connectivity index (χ4n) is 3.06. The van der Waals surface area contributed by atoms with E-state index in [1.54, 1.807) is 33.5 Å². The molecule has 0 fully saturated rings. The first-order valence-electron chi connectivity index (χ1n) is 10.0. The predicted molar refractivity (Wildman–Crippen MR) is 125 cm³/mol. The number of benzene rings is 3. The largest absolute Gasteiger partial charge is 0.493 e. The maximum atomic E-state index is 5.81. The van der Waals surface area contributed by atoms with Crippen LogP contribution in [-0.4, -0.2) is 36.3 Å². The van der Waals surface area contributed by atoms with Gasteiger partial charge in [-0.05, 0) is 36.4 Å². The number of ether oxygens (including phenoxy) is 4. The van der Waals surface area contributed by atoms with Crippen molar-refractivity contribution in [1.82, 2.24) is 15.0 Å². The minimum absolute atomic E-state index is 0.353. The number of rotatable bonds is 9. The van der Waals surface area contributed by atoms with Gasteiger partial charge >= 0.3 is 0 Å². The molecule has 168 valence electrons.